The van der Waals surface area contributed by atoms with Gasteiger partial charge in [-0.15, -0.1) is 0 Å². The normalized spacial score (nSPS) is 24.0. The molecule has 2 atom stereocenters. The van der Waals surface area contributed by atoms with Gasteiger partial charge in [0.25, 0.3) is 10.1 Å². The summed E-state index contributed by atoms with van der Waals surface area (Å²) >= 11 is 3.55. The van der Waals surface area contributed by atoms with Gasteiger partial charge < -0.3 is 0 Å². The second-order valence-electron chi connectivity index (χ2n) is 6.40. The first kappa shape index (κ1) is 17.4. The lowest BCUT2D eigenvalue weighted by Gasteiger charge is -2.11. The van der Waals surface area contributed by atoms with E-state index in [1.165, 1.54) is 11.1 Å². The summed E-state index contributed by atoms with van der Waals surface area (Å²) in [6, 6.07) is 9.61. The Bertz CT molecular complexity index is 697. The summed E-state index contributed by atoms with van der Waals surface area (Å²) in [6.45, 7) is 3.72. The topological polar surface area (TPSA) is 53.7 Å². The molecule has 1 aromatic rings. The first-order chi connectivity index (χ1) is 11.4. The standard InChI is InChI=1S/C18H24N4S2/c1-11(19)17-21(3)15(9-23-17)13-5-7-14(8-6-13)16-10-24-18(12(2)20)22(16)4/h5-8,15-16,19-20H,9-10H2,1-4H3/q+2. The number of benzene rings is 1. The average molecular weight is 361 g/mol. The highest BCUT2D eigenvalue weighted by molar-refractivity contribution is 8.16. The lowest BCUT2D eigenvalue weighted by Crippen LogP contribution is -2.19. The number of rotatable bonds is 4. The fourth-order valence-electron chi connectivity index (χ4n) is 3.35. The molecule has 0 bridgehead atoms. The Morgan fingerprint density at radius 2 is 1.17 bits per heavy atom. The minimum atomic E-state index is 0.348. The lowest BCUT2D eigenvalue weighted by atomic mass is 10.0. The molecule has 0 spiro atoms. The summed E-state index contributed by atoms with van der Waals surface area (Å²) in [5, 5.41) is 17.9. The Kier molecular flexibility index (Phi) is 4.97. The van der Waals surface area contributed by atoms with E-state index in [-0.39, 0.29) is 0 Å². The number of nitrogens with one attached hydrogen (secondary N) is 2. The van der Waals surface area contributed by atoms with Crippen molar-refractivity contribution in [1.82, 2.24) is 0 Å². The molecule has 0 amide bonds. The molecule has 0 aliphatic carbocycles. The second kappa shape index (κ2) is 6.84. The Morgan fingerprint density at radius 3 is 1.42 bits per heavy atom. The smallest absolute Gasteiger partial charge is 0.256 e. The van der Waals surface area contributed by atoms with Crippen molar-refractivity contribution in [2.45, 2.75) is 25.9 Å². The van der Waals surface area contributed by atoms with Crippen LogP contribution in [0.25, 0.3) is 0 Å². The fraction of sp³-hybridized carbons (Fsp3) is 0.444. The maximum atomic E-state index is 7.87. The third kappa shape index (κ3) is 3.09. The van der Waals surface area contributed by atoms with Gasteiger partial charge in [0.2, 0.25) is 0 Å². The highest BCUT2D eigenvalue weighted by Gasteiger charge is 2.35. The van der Waals surface area contributed by atoms with Gasteiger partial charge >= 0.3 is 0 Å². The molecule has 0 saturated heterocycles. The van der Waals surface area contributed by atoms with Crippen LogP contribution >= 0.6 is 23.5 Å². The highest BCUT2D eigenvalue weighted by atomic mass is 32.2. The van der Waals surface area contributed by atoms with Gasteiger partial charge in [0.1, 0.15) is 25.5 Å². The molecule has 0 fully saturated rings. The zero-order valence-electron chi connectivity index (χ0n) is 14.6. The molecule has 2 heterocycles. The van der Waals surface area contributed by atoms with Gasteiger partial charge in [-0.05, 0) is 37.4 Å². The monoisotopic (exact) mass is 360 g/mol. The van der Waals surface area contributed by atoms with Crippen molar-refractivity contribution in [3.63, 3.8) is 0 Å². The van der Waals surface area contributed by atoms with Gasteiger partial charge in [-0.3, -0.25) is 10.8 Å². The number of nitrogens with zero attached hydrogens (tertiary/aromatic N) is 2. The van der Waals surface area contributed by atoms with Crippen molar-refractivity contribution in [2.75, 3.05) is 25.6 Å². The van der Waals surface area contributed by atoms with Crippen LogP contribution in [0.15, 0.2) is 24.3 Å². The van der Waals surface area contributed by atoms with Crippen molar-refractivity contribution in [3.8, 4) is 0 Å². The van der Waals surface area contributed by atoms with E-state index in [0.717, 1.165) is 21.6 Å². The summed E-state index contributed by atoms with van der Waals surface area (Å²) < 4.78 is 4.45. The molecule has 0 saturated carbocycles. The van der Waals surface area contributed by atoms with Gasteiger partial charge in [-0.2, -0.15) is 0 Å². The summed E-state index contributed by atoms with van der Waals surface area (Å²) in [7, 11) is 4.17. The number of thioether (sulfide) groups is 2. The third-order valence-corrected chi connectivity index (χ3v) is 7.38. The van der Waals surface area contributed by atoms with Crippen LogP contribution in [0, 0.1) is 10.8 Å². The molecule has 2 unspecified atom stereocenters. The van der Waals surface area contributed by atoms with Crippen molar-refractivity contribution in [3.05, 3.63) is 35.4 Å². The van der Waals surface area contributed by atoms with E-state index in [0.29, 0.717) is 23.5 Å². The first-order valence-electron chi connectivity index (χ1n) is 8.06. The lowest BCUT2D eigenvalue weighted by molar-refractivity contribution is -0.532. The van der Waals surface area contributed by atoms with Crippen molar-refractivity contribution < 1.29 is 9.15 Å². The predicted molar refractivity (Wildman–Crippen MR) is 106 cm³/mol. The van der Waals surface area contributed by atoms with Crippen LogP contribution in [-0.4, -0.2) is 56.3 Å². The molecular weight excluding hydrogens is 336 g/mol. The van der Waals surface area contributed by atoms with Gasteiger partial charge in [-0.1, -0.05) is 24.3 Å². The molecular formula is C18H24N4S2+2. The second-order valence-corrected chi connectivity index (χ2v) is 8.42. The molecule has 126 valence electrons. The zero-order valence-corrected chi connectivity index (χ0v) is 16.2. The molecule has 0 aromatic heterocycles. The van der Waals surface area contributed by atoms with Gasteiger partial charge in [0.15, 0.2) is 12.1 Å². The van der Waals surface area contributed by atoms with Crippen molar-refractivity contribution in [2.24, 2.45) is 0 Å². The van der Waals surface area contributed by atoms with Gasteiger partial charge in [0.05, 0.1) is 11.5 Å². The van der Waals surface area contributed by atoms with E-state index in [1.54, 1.807) is 23.5 Å². The van der Waals surface area contributed by atoms with Crippen LogP contribution in [0.5, 0.6) is 0 Å². The summed E-state index contributed by atoms with van der Waals surface area (Å²) in [5.74, 6) is 2.01. The summed E-state index contributed by atoms with van der Waals surface area (Å²) in [4.78, 5) is 0. The van der Waals surface area contributed by atoms with Crippen LogP contribution in [0.2, 0.25) is 0 Å². The molecule has 4 nitrogen and oxygen atoms in total. The number of hydrogen-bond donors (Lipinski definition) is 2. The SMILES string of the molecule is CC(=N)C1=[N+](C)C(c2ccc(C3CSC(C(C)=N)=[N+]3C)cc2)CS1. The van der Waals surface area contributed by atoms with E-state index in [2.05, 4.69) is 47.5 Å². The Labute approximate surface area is 152 Å². The fourth-order valence-corrected chi connectivity index (χ4v) is 5.91. The molecule has 2 aliphatic rings. The van der Waals surface area contributed by atoms with Gasteiger partial charge in [-0.25, -0.2) is 9.15 Å². The largest absolute Gasteiger partial charge is 0.298 e. The van der Waals surface area contributed by atoms with E-state index in [9.17, 15) is 0 Å². The molecule has 0 radical (unpaired) electrons. The van der Waals surface area contributed by atoms with E-state index in [4.69, 9.17) is 10.8 Å². The van der Waals surface area contributed by atoms with E-state index >= 15 is 0 Å². The average Bonchev–Trinajstić information content (AvgIpc) is 3.10. The van der Waals surface area contributed by atoms with Gasteiger partial charge in [0, 0.05) is 11.1 Å². The van der Waals surface area contributed by atoms with Crippen LogP contribution in [-0.2, 0) is 0 Å². The highest BCUT2D eigenvalue weighted by Crippen LogP contribution is 2.33. The van der Waals surface area contributed by atoms with Crippen LogP contribution in [0.3, 0.4) is 0 Å². The van der Waals surface area contributed by atoms with Crippen LogP contribution in [0.1, 0.15) is 37.1 Å². The van der Waals surface area contributed by atoms with Crippen molar-refractivity contribution >= 4 is 45.0 Å². The molecule has 2 aliphatic heterocycles. The Balaban J connectivity index is 1.83. The molecule has 1 aromatic carbocycles. The summed E-state index contributed by atoms with van der Waals surface area (Å²) in [6.07, 6.45) is 0. The first-order valence-corrected chi connectivity index (χ1v) is 10.0. The Hall–Kier alpha value is -1.40. The van der Waals surface area contributed by atoms with Crippen LogP contribution < -0.4 is 0 Å². The maximum absolute atomic E-state index is 7.87. The predicted octanol–water partition coefficient (Wildman–Crippen LogP) is 3.42. The van der Waals surface area contributed by atoms with Crippen LogP contribution in [0.4, 0.5) is 0 Å². The molecule has 2 N–H and O–H groups in total. The van der Waals surface area contributed by atoms with Crippen molar-refractivity contribution in [1.29, 1.82) is 10.8 Å². The summed E-state index contributed by atoms with van der Waals surface area (Å²) in [5.41, 5.74) is 3.92. The quantitative estimate of drug-likeness (QED) is 0.638. The Morgan fingerprint density at radius 1 is 0.833 bits per heavy atom. The minimum Gasteiger partial charge on any atom is -0.298 e. The van der Waals surface area contributed by atoms with E-state index in [1.807, 2.05) is 13.8 Å². The molecule has 3 rings (SSSR count). The minimum absolute atomic E-state index is 0.348. The molecule has 24 heavy (non-hydrogen) atoms. The zero-order chi connectivity index (χ0) is 17.4. The number of hydrogen-bond acceptors (Lipinski definition) is 4. The molecule has 6 heteroatoms. The third-order valence-electron chi connectivity index (χ3n) is 4.68. The van der Waals surface area contributed by atoms with E-state index < -0.39 is 0 Å². The maximum Gasteiger partial charge on any atom is 0.256 e.